The third-order valence-electron chi connectivity index (χ3n) is 6.56. The summed E-state index contributed by atoms with van der Waals surface area (Å²) in [5.41, 5.74) is 6.02. The molecule has 0 bridgehead atoms. The number of phosphoric acid groups is 4. The lowest BCUT2D eigenvalue weighted by Gasteiger charge is -2.21. The van der Waals surface area contributed by atoms with Crippen LogP contribution < -0.4 is 15.7 Å². The van der Waals surface area contributed by atoms with Crippen molar-refractivity contribution < 1.29 is 79.2 Å². The Balaban J connectivity index is 1.06. The molecular weight excluding hydrogens is 760 g/mol. The molecule has 268 valence electrons. The van der Waals surface area contributed by atoms with Crippen LogP contribution in [0, 0.1) is 0 Å². The molecule has 24 nitrogen and oxygen atoms in total. The number of aromatic nitrogens is 5. The highest BCUT2D eigenvalue weighted by Gasteiger charge is 2.48. The molecule has 3 aromatic rings. The van der Waals surface area contributed by atoms with E-state index in [0.29, 0.717) is 5.69 Å². The van der Waals surface area contributed by atoms with E-state index in [0.717, 1.165) is 30.9 Å². The molecule has 3 aliphatic rings. The molecule has 0 spiro atoms. The number of hydrogen-bond donors (Lipinski definition) is 7. The van der Waals surface area contributed by atoms with Gasteiger partial charge in [-0.1, -0.05) is 0 Å². The van der Waals surface area contributed by atoms with Crippen LogP contribution in [-0.4, -0.2) is 79.2 Å². The normalized spacial score (nSPS) is 24.4. The standard InChI is InChI=1S/C22H22N6O18P4/c23-20-17-21(25-8-24-20)28(9-26-17)22-19(31)18(30)16(42-22)7-40-47(32,33)44-49(36,37)46-50(38,39)45-48(34,35)43-11-2-4-13-15(6-11)41-14-5-10(29)1-3-12(14)27-13/h1-6,8-9,16,18-19,22,30-31H,7H2,(H,32,33)(H,34,35)(H,36,37)(H,38,39)(H2,23,24,25)/t16-,18-,19-,22-/m1/s1. The highest BCUT2D eigenvalue weighted by molar-refractivity contribution is 7.69. The molecule has 1 aromatic carbocycles. The molecule has 4 heterocycles. The van der Waals surface area contributed by atoms with Crippen molar-refractivity contribution >= 4 is 59.4 Å². The van der Waals surface area contributed by atoms with Crippen LogP contribution in [0.5, 0.6) is 5.75 Å². The van der Waals surface area contributed by atoms with E-state index < -0.39 is 73.6 Å². The Labute approximate surface area is 276 Å². The number of aliphatic hydroxyl groups excluding tert-OH is 2. The molecular formula is C22H22N6O18P4. The smallest absolute Gasteiger partial charge is 0.453 e. The summed E-state index contributed by atoms with van der Waals surface area (Å²) in [5.74, 6) is -0.455. The number of anilines is 1. The number of aliphatic hydroxyl groups is 2. The summed E-state index contributed by atoms with van der Waals surface area (Å²) < 4.78 is 82.7. The van der Waals surface area contributed by atoms with Crippen LogP contribution in [0.25, 0.3) is 33.7 Å². The third-order valence-corrected chi connectivity index (χ3v) is 12.4. The monoisotopic (exact) mass is 782 g/mol. The van der Waals surface area contributed by atoms with Crippen molar-refractivity contribution in [2.45, 2.75) is 24.5 Å². The van der Waals surface area contributed by atoms with Crippen LogP contribution >= 0.6 is 31.3 Å². The maximum atomic E-state index is 12.5. The van der Waals surface area contributed by atoms with Gasteiger partial charge in [-0.2, -0.15) is 12.9 Å². The van der Waals surface area contributed by atoms with E-state index in [1.54, 1.807) is 0 Å². The van der Waals surface area contributed by atoms with E-state index in [2.05, 4.69) is 41.9 Å². The number of nitrogen functional groups attached to an aromatic ring is 1. The van der Waals surface area contributed by atoms with Crippen molar-refractivity contribution in [2.24, 2.45) is 0 Å². The number of rotatable bonds is 12. The fourth-order valence-corrected chi connectivity index (χ4v) is 9.50. The van der Waals surface area contributed by atoms with E-state index in [1.165, 1.54) is 22.8 Å². The number of nitrogens with two attached hydrogens (primary N) is 1. The van der Waals surface area contributed by atoms with Gasteiger partial charge < -0.3 is 44.3 Å². The summed E-state index contributed by atoms with van der Waals surface area (Å²) in [6.45, 7) is -1.08. The number of nitrogens with zero attached hydrogens (tertiary/aromatic N) is 5. The SMILES string of the molecule is Nc1ncnc2c1ncn2[C@@H]1O[C@H](COP(=O)(O)OP(=O)(O)OP(=O)(O)OP(=O)(O)Oc2ccc3nc4ccc(=O)cc-4oc3c2)[C@@H](O)[C@H]1O. The summed E-state index contributed by atoms with van der Waals surface area (Å²) in [6, 6.07) is 7.11. The second-order valence-corrected chi connectivity index (χ2v) is 16.3. The number of hydrogen-bond acceptors (Lipinski definition) is 19. The number of phosphoric ester groups is 2. The lowest BCUT2D eigenvalue weighted by Crippen LogP contribution is -2.33. The van der Waals surface area contributed by atoms with Crippen LogP contribution in [0.2, 0.25) is 0 Å². The minimum atomic E-state index is -6.14. The van der Waals surface area contributed by atoms with Gasteiger partial charge in [0.05, 0.1) is 12.9 Å². The molecule has 0 amide bonds. The Morgan fingerprint density at radius 1 is 0.860 bits per heavy atom. The van der Waals surface area contributed by atoms with Crippen LogP contribution in [-0.2, 0) is 40.5 Å². The highest BCUT2D eigenvalue weighted by Crippen LogP contribution is 2.71. The average Bonchev–Trinajstić information content (AvgIpc) is 3.54. The maximum Gasteiger partial charge on any atom is 0.536 e. The molecule has 50 heavy (non-hydrogen) atoms. The Hall–Kier alpha value is -3.53. The van der Waals surface area contributed by atoms with Crippen molar-refractivity contribution in [3.8, 4) is 17.2 Å². The van der Waals surface area contributed by atoms with Gasteiger partial charge in [0, 0.05) is 12.1 Å². The minimum absolute atomic E-state index is 0.00260. The average molecular weight is 782 g/mol. The molecule has 28 heteroatoms. The fraction of sp³-hybridized carbons (Fsp3) is 0.227. The van der Waals surface area contributed by atoms with Gasteiger partial charge in [0.1, 0.15) is 47.1 Å². The van der Waals surface area contributed by atoms with E-state index in [9.17, 15) is 52.8 Å². The van der Waals surface area contributed by atoms with Crippen LogP contribution in [0.4, 0.5) is 5.82 Å². The Bertz CT molecular complexity index is 2320. The topological polar surface area (TPSA) is 358 Å². The van der Waals surface area contributed by atoms with Gasteiger partial charge >= 0.3 is 31.3 Å². The molecule has 0 radical (unpaired) electrons. The fourth-order valence-electron chi connectivity index (χ4n) is 4.56. The zero-order valence-electron chi connectivity index (χ0n) is 24.3. The van der Waals surface area contributed by atoms with Crippen LogP contribution in [0.3, 0.4) is 0 Å². The Morgan fingerprint density at radius 2 is 1.56 bits per heavy atom. The summed E-state index contributed by atoms with van der Waals surface area (Å²) >= 11 is 0. The summed E-state index contributed by atoms with van der Waals surface area (Å²) in [5, 5.41) is 20.9. The summed E-state index contributed by atoms with van der Waals surface area (Å²) in [7, 11) is -23.7. The summed E-state index contributed by atoms with van der Waals surface area (Å²) in [6.07, 6.45) is -4.18. The molecule has 0 saturated carbocycles. The first-order chi connectivity index (χ1) is 23.3. The van der Waals surface area contributed by atoms with Crippen molar-refractivity contribution in [2.75, 3.05) is 12.3 Å². The number of fused-ring (bicyclic) bond motifs is 3. The maximum absolute atomic E-state index is 12.5. The summed E-state index contributed by atoms with van der Waals surface area (Å²) in [4.78, 5) is 67.3. The van der Waals surface area contributed by atoms with E-state index in [1.807, 2.05) is 0 Å². The zero-order valence-corrected chi connectivity index (χ0v) is 27.9. The lowest BCUT2D eigenvalue weighted by atomic mass is 10.1. The first kappa shape index (κ1) is 36.3. The Kier molecular flexibility index (Phi) is 9.59. The lowest BCUT2D eigenvalue weighted by molar-refractivity contribution is -0.0503. The molecule has 8 atom stereocenters. The van der Waals surface area contributed by atoms with Gasteiger partial charge in [0.25, 0.3) is 0 Å². The molecule has 1 fully saturated rings. The molecule has 4 unspecified atom stereocenters. The second-order valence-electron chi connectivity index (χ2n) is 10.1. The molecule has 1 saturated heterocycles. The minimum Gasteiger partial charge on any atom is -0.453 e. The molecule has 6 rings (SSSR count). The number of benzene rings is 2. The predicted molar refractivity (Wildman–Crippen MR) is 162 cm³/mol. The first-order valence-electron chi connectivity index (χ1n) is 13.4. The quantitative estimate of drug-likeness (QED) is 0.0690. The third kappa shape index (κ3) is 8.00. The van der Waals surface area contributed by atoms with Gasteiger partial charge in [-0.25, -0.2) is 38.2 Å². The van der Waals surface area contributed by atoms with Gasteiger partial charge in [0.15, 0.2) is 34.5 Å². The molecule has 2 aromatic heterocycles. The Morgan fingerprint density at radius 3 is 2.30 bits per heavy atom. The molecule has 8 N–H and O–H groups in total. The van der Waals surface area contributed by atoms with E-state index in [-0.39, 0.29) is 33.8 Å². The zero-order chi connectivity index (χ0) is 36.2. The molecule has 1 aliphatic carbocycles. The van der Waals surface area contributed by atoms with Gasteiger partial charge in [0.2, 0.25) is 0 Å². The van der Waals surface area contributed by atoms with Crippen molar-refractivity contribution in [1.82, 2.24) is 24.5 Å². The van der Waals surface area contributed by atoms with Gasteiger partial charge in [-0.3, -0.25) is 18.8 Å². The number of imidazole rings is 1. The number of ether oxygens (including phenoxy) is 1. The predicted octanol–water partition coefficient (Wildman–Crippen LogP) is 1.18. The second kappa shape index (κ2) is 13.2. The van der Waals surface area contributed by atoms with Gasteiger partial charge in [-0.15, -0.1) is 0 Å². The first-order valence-corrected chi connectivity index (χ1v) is 19.4. The highest BCUT2D eigenvalue weighted by atomic mass is 31.3. The van der Waals surface area contributed by atoms with Crippen molar-refractivity contribution in [3.05, 3.63) is 59.3 Å². The van der Waals surface area contributed by atoms with Crippen molar-refractivity contribution in [3.63, 3.8) is 0 Å². The van der Waals surface area contributed by atoms with Crippen LogP contribution in [0.15, 0.2) is 58.3 Å². The van der Waals surface area contributed by atoms with Crippen molar-refractivity contribution in [1.29, 1.82) is 0 Å². The van der Waals surface area contributed by atoms with E-state index >= 15 is 0 Å². The van der Waals surface area contributed by atoms with E-state index in [4.69, 9.17) is 14.9 Å². The largest absolute Gasteiger partial charge is 0.536 e. The van der Waals surface area contributed by atoms with Gasteiger partial charge in [-0.05, 0) is 24.3 Å². The van der Waals surface area contributed by atoms with Crippen LogP contribution in [0.1, 0.15) is 6.23 Å². The molecule has 2 aliphatic heterocycles.